The summed E-state index contributed by atoms with van der Waals surface area (Å²) < 4.78 is 5.19. The number of nitrogens with one attached hydrogen (secondary N) is 1. The highest BCUT2D eigenvalue weighted by atomic mass is 16.5. The molecule has 1 saturated carbocycles. The van der Waals surface area contributed by atoms with Crippen LogP contribution in [0, 0.1) is 0 Å². The molecule has 1 aromatic rings. The molecule has 1 aliphatic rings. The first-order chi connectivity index (χ1) is 8.15. The summed E-state index contributed by atoms with van der Waals surface area (Å²) in [6.45, 7) is 2.24. The fourth-order valence-corrected chi connectivity index (χ4v) is 1.38. The van der Waals surface area contributed by atoms with E-state index in [1.807, 2.05) is 6.07 Å². The third-order valence-corrected chi connectivity index (χ3v) is 2.61. The number of hydrogen-bond acceptors (Lipinski definition) is 4. The first-order valence-electron chi connectivity index (χ1n) is 5.73. The van der Waals surface area contributed by atoms with Crippen molar-refractivity contribution < 1.29 is 14.6 Å². The van der Waals surface area contributed by atoms with E-state index >= 15 is 0 Å². The maximum Gasteiger partial charge on any atom is 0.344 e. The van der Waals surface area contributed by atoms with Gasteiger partial charge in [-0.1, -0.05) is 0 Å². The number of carbonyl (C=O) groups is 1. The van der Waals surface area contributed by atoms with Crippen molar-refractivity contribution in [1.29, 1.82) is 0 Å². The standard InChI is InChI=1S/C12H16N2O3/c1-8(12(15)16)17-11-5-4-10(14-7-11)6-13-9-2-3-9/h4-5,7-9,13H,2-3,6H2,1H3,(H,15,16). The second-order valence-electron chi connectivity index (χ2n) is 4.24. The molecule has 17 heavy (non-hydrogen) atoms. The maximum absolute atomic E-state index is 10.6. The molecule has 1 aliphatic carbocycles. The fraction of sp³-hybridized carbons (Fsp3) is 0.500. The summed E-state index contributed by atoms with van der Waals surface area (Å²) in [5.41, 5.74) is 0.937. The van der Waals surface area contributed by atoms with Crippen molar-refractivity contribution in [3.8, 4) is 5.75 Å². The van der Waals surface area contributed by atoms with Gasteiger partial charge < -0.3 is 15.2 Å². The topological polar surface area (TPSA) is 71.5 Å². The van der Waals surface area contributed by atoms with E-state index < -0.39 is 12.1 Å². The molecule has 5 heteroatoms. The molecule has 0 radical (unpaired) electrons. The Morgan fingerprint density at radius 2 is 2.41 bits per heavy atom. The van der Waals surface area contributed by atoms with Crippen LogP contribution >= 0.6 is 0 Å². The molecular weight excluding hydrogens is 220 g/mol. The van der Waals surface area contributed by atoms with Crippen LogP contribution < -0.4 is 10.1 Å². The van der Waals surface area contributed by atoms with Crippen molar-refractivity contribution in [3.05, 3.63) is 24.0 Å². The predicted molar refractivity (Wildman–Crippen MR) is 61.8 cm³/mol. The molecule has 0 saturated heterocycles. The molecule has 1 fully saturated rings. The summed E-state index contributed by atoms with van der Waals surface area (Å²) in [5, 5.41) is 12.0. The van der Waals surface area contributed by atoms with Gasteiger partial charge in [0.2, 0.25) is 0 Å². The summed E-state index contributed by atoms with van der Waals surface area (Å²) in [7, 11) is 0. The molecule has 2 N–H and O–H groups in total. The van der Waals surface area contributed by atoms with Crippen LogP contribution in [0.1, 0.15) is 25.5 Å². The lowest BCUT2D eigenvalue weighted by molar-refractivity contribution is -0.144. The quantitative estimate of drug-likeness (QED) is 0.776. The summed E-state index contributed by atoms with van der Waals surface area (Å²) in [4.78, 5) is 14.8. The maximum atomic E-state index is 10.6. The smallest absolute Gasteiger partial charge is 0.344 e. The number of carboxylic acids is 1. The van der Waals surface area contributed by atoms with Gasteiger partial charge in [0.15, 0.2) is 6.10 Å². The van der Waals surface area contributed by atoms with E-state index in [1.165, 1.54) is 19.8 Å². The normalized spacial score (nSPS) is 16.5. The van der Waals surface area contributed by atoms with E-state index in [0.717, 1.165) is 12.2 Å². The van der Waals surface area contributed by atoms with E-state index in [1.54, 1.807) is 12.3 Å². The van der Waals surface area contributed by atoms with Crippen molar-refractivity contribution >= 4 is 5.97 Å². The average molecular weight is 236 g/mol. The second-order valence-corrected chi connectivity index (χ2v) is 4.24. The van der Waals surface area contributed by atoms with Gasteiger partial charge >= 0.3 is 5.97 Å². The molecule has 1 heterocycles. The van der Waals surface area contributed by atoms with E-state index in [9.17, 15) is 4.79 Å². The Kier molecular flexibility index (Phi) is 3.58. The molecule has 0 spiro atoms. The highest BCUT2D eigenvalue weighted by molar-refractivity contribution is 5.72. The zero-order valence-corrected chi connectivity index (χ0v) is 9.72. The molecule has 0 aromatic carbocycles. The molecule has 1 unspecified atom stereocenters. The first-order valence-corrected chi connectivity index (χ1v) is 5.73. The summed E-state index contributed by atoms with van der Waals surface area (Å²) in [6.07, 6.45) is 3.20. The molecular formula is C12H16N2O3. The van der Waals surface area contributed by atoms with Crippen molar-refractivity contribution in [2.24, 2.45) is 0 Å². The number of aromatic nitrogens is 1. The fourth-order valence-electron chi connectivity index (χ4n) is 1.38. The lowest BCUT2D eigenvalue weighted by Crippen LogP contribution is -2.23. The number of rotatable bonds is 6. The zero-order valence-electron chi connectivity index (χ0n) is 9.72. The van der Waals surface area contributed by atoms with Crippen molar-refractivity contribution in [3.63, 3.8) is 0 Å². The van der Waals surface area contributed by atoms with Gasteiger partial charge in [0.25, 0.3) is 0 Å². The molecule has 0 amide bonds. The monoisotopic (exact) mass is 236 g/mol. The van der Waals surface area contributed by atoms with Gasteiger partial charge in [0, 0.05) is 12.6 Å². The highest BCUT2D eigenvalue weighted by Gasteiger charge is 2.20. The van der Waals surface area contributed by atoms with Gasteiger partial charge in [0.1, 0.15) is 5.75 Å². The van der Waals surface area contributed by atoms with Crippen LogP contribution in [0.15, 0.2) is 18.3 Å². The summed E-state index contributed by atoms with van der Waals surface area (Å²) in [6, 6.07) is 4.25. The second kappa shape index (κ2) is 5.14. The van der Waals surface area contributed by atoms with Crippen LogP contribution in [0.25, 0.3) is 0 Å². The largest absolute Gasteiger partial charge is 0.479 e. The number of hydrogen-bond donors (Lipinski definition) is 2. The number of ether oxygens (including phenoxy) is 1. The Hall–Kier alpha value is -1.62. The zero-order chi connectivity index (χ0) is 12.3. The predicted octanol–water partition coefficient (Wildman–Crippen LogP) is 1.19. The molecule has 0 aliphatic heterocycles. The minimum Gasteiger partial charge on any atom is -0.479 e. The number of nitrogens with zero attached hydrogens (tertiary/aromatic N) is 1. The van der Waals surface area contributed by atoms with Gasteiger partial charge in [-0.25, -0.2) is 4.79 Å². The summed E-state index contributed by atoms with van der Waals surface area (Å²) in [5.74, 6) is -0.500. The minimum absolute atomic E-state index is 0.482. The van der Waals surface area contributed by atoms with Crippen LogP contribution in [0.4, 0.5) is 0 Å². The Labute approximate surface area is 99.8 Å². The molecule has 92 valence electrons. The van der Waals surface area contributed by atoms with Gasteiger partial charge in [0.05, 0.1) is 11.9 Å². The molecule has 5 nitrogen and oxygen atoms in total. The lowest BCUT2D eigenvalue weighted by Gasteiger charge is -2.10. The molecule has 1 aromatic heterocycles. The highest BCUT2D eigenvalue weighted by Crippen LogP contribution is 2.19. The van der Waals surface area contributed by atoms with Gasteiger partial charge in [-0.2, -0.15) is 0 Å². The number of pyridine rings is 1. The average Bonchev–Trinajstić information content (AvgIpc) is 3.12. The van der Waals surface area contributed by atoms with Crippen LogP contribution in [-0.4, -0.2) is 28.2 Å². The van der Waals surface area contributed by atoms with Crippen LogP contribution in [0.3, 0.4) is 0 Å². The van der Waals surface area contributed by atoms with E-state index in [4.69, 9.17) is 9.84 Å². The minimum atomic E-state index is -0.982. The van der Waals surface area contributed by atoms with E-state index in [0.29, 0.717) is 11.8 Å². The Morgan fingerprint density at radius 1 is 1.65 bits per heavy atom. The van der Waals surface area contributed by atoms with Gasteiger partial charge in [-0.05, 0) is 31.9 Å². The molecule has 2 rings (SSSR count). The lowest BCUT2D eigenvalue weighted by atomic mass is 10.3. The third-order valence-electron chi connectivity index (χ3n) is 2.61. The Morgan fingerprint density at radius 3 is 2.94 bits per heavy atom. The Bertz CT molecular complexity index is 387. The summed E-state index contributed by atoms with van der Waals surface area (Å²) >= 11 is 0. The molecule has 1 atom stereocenters. The van der Waals surface area contributed by atoms with E-state index in [-0.39, 0.29) is 0 Å². The van der Waals surface area contributed by atoms with Crippen molar-refractivity contribution in [2.75, 3.05) is 0 Å². The SMILES string of the molecule is CC(Oc1ccc(CNC2CC2)nc1)C(=O)O. The Balaban J connectivity index is 1.85. The van der Waals surface area contributed by atoms with Crippen LogP contribution in [0.5, 0.6) is 5.75 Å². The van der Waals surface area contributed by atoms with Crippen molar-refractivity contribution in [1.82, 2.24) is 10.3 Å². The van der Waals surface area contributed by atoms with Crippen LogP contribution in [0.2, 0.25) is 0 Å². The first kappa shape index (κ1) is 11.9. The van der Waals surface area contributed by atoms with Gasteiger partial charge in [-0.3, -0.25) is 4.98 Å². The number of aliphatic carboxylic acids is 1. The van der Waals surface area contributed by atoms with E-state index in [2.05, 4.69) is 10.3 Å². The van der Waals surface area contributed by atoms with Crippen LogP contribution in [-0.2, 0) is 11.3 Å². The number of carboxylic acid groups (broad SMARTS) is 1. The molecule has 0 bridgehead atoms. The van der Waals surface area contributed by atoms with Crippen molar-refractivity contribution in [2.45, 2.75) is 38.5 Å². The third kappa shape index (κ3) is 3.71. The van der Waals surface area contributed by atoms with Gasteiger partial charge in [-0.15, -0.1) is 0 Å².